The first-order chi connectivity index (χ1) is 5.66. The van der Waals surface area contributed by atoms with Crippen LogP contribution >= 0.6 is 15.9 Å². The number of nitrogens with zero attached hydrogens (tertiary/aromatic N) is 2. The van der Waals surface area contributed by atoms with E-state index in [0.29, 0.717) is 6.04 Å². The number of hydrogen-bond acceptors (Lipinski definition) is 2. The Morgan fingerprint density at radius 3 is 2.75 bits per heavy atom. The predicted molar refractivity (Wildman–Crippen MR) is 48.9 cm³/mol. The minimum Gasteiger partial charge on any atom is -0.393 e. The monoisotopic (exact) mass is 230 g/mol. The van der Waals surface area contributed by atoms with E-state index in [0.717, 1.165) is 23.0 Å². The third-order valence-corrected chi connectivity index (χ3v) is 3.10. The molecule has 1 aromatic heterocycles. The van der Waals surface area contributed by atoms with Crippen molar-refractivity contribution >= 4 is 15.9 Å². The first-order valence-corrected chi connectivity index (χ1v) is 4.85. The van der Waals surface area contributed by atoms with Crippen molar-refractivity contribution in [3.63, 3.8) is 0 Å². The van der Waals surface area contributed by atoms with Gasteiger partial charge in [0.05, 0.1) is 22.3 Å². The fourth-order valence-electron chi connectivity index (χ4n) is 1.42. The molecule has 66 valence electrons. The molecule has 0 atom stereocenters. The Bertz CT molecular complexity index is 272. The Hall–Kier alpha value is -0.350. The van der Waals surface area contributed by atoms with Gasteiger partial charge in [-0.25, -0.2) is 0 Å². The average molecular weight is 231 g/mol. The van der Waals surface area contributed by atoms with Crippen molar-refractivity contribution in [1.82, 2.24) is 9.78 Å². The van der Waals surface area contributed by atoms with Crippen molar-refractivity contribution in [2.24, 2.45) is 0 Å². The maximum atomic E-state index is 9.10. The zero-order valence-electron chi connectivity index (χ0n) is 6.87. The van der Waals surface area contributed by atoms with Crippen molar-refractivity contribution in [3.8, 4) is 0 Å². The summed E-state index contributed by atoms with van der Waals surface area (Å²) in [6.07, 6.45) is 3.55. The molecule has 0 saturated heterocycles. The molecule has 1 aliphatic carbocycles. The maximum Gasteiger partial charge on any atom is 0.0735 e. The summed E-state index contributed by atoms with van der Waals surface area (Å²) in [7, 11) is 0. The Morgan fingerprint density at radius 2 is 2.33 bits per heavy atom. The molecule has 12 heavy (non-hydrogen) atoms. The zero-order valence-corrected chi connectivity index (χ0v) is 8.45. The molecule has 1 saturated carbocycles. The summed E-state index contributed by atoms with van der Waals surface area (Å²) in [5.41, 5.74) is 1.01. The van der Waals surface area contributed by atoms with Crippen molar-refractivity contribution in [2.75, 3.05) is 0 Å². The van der Waals surface area contributed by atoms with Crippen LogP contribution in [-0.4, -0.2) is 21.0 Å². The van der Waals surface area contributed by atoms with Crippen LogP contribution in [0.15, 0.2) is 10.7 Å². The van der Waals surface area contributed by atoms with Gasteiger partial charge in [0.15, 0.2) is 0 Å². The molecule has 0 spiro atoms. The van der Waals surface area contributed by atoms with E-state index in [1.807, 2.05) is 17.8 Å². The summed E-state index contributed by atoms with van der Waals surface area (Å²) in [5.74, 6) is 0. The summed E-state index contributed by atoms with van der Waals surface area (Å²) < 4.78 is 2.98. The lowest BCUT2D eigenvalue weighted by atomic mass is 9.90. The standard InChI is InChI=1S/C8H11BrN2O/c1-5-8(9)4-11(10-5)6-2-7(12)3-6/h4,6-7,12H,2-3H2,1H3. The highest BCUT2D eigenvalue weighted by Crippen LogP contribution is 2.32. The molecule has 1 aliphatic rings. The van der Waals surface area contributed by atoms with E-state index in [1.165, 1.54) is 0 Å². The Balaban J connectivity index is 2.14. The molecular weight excluding hydrogens is 220 g/mol. The molecule has 0 radical (unpaired) electrons. The minimum atomic E-state index is -0.113. The number of aromatic nitrogens is 2. The first-order valence-electron chi connectivity index (χ1n) is 4.06. The number of aliphatic hydroxyl groups is 1. The van der Waals surface area contributed by atoms with Gasteiger partial charge >= 0.3 is 0 Å². The third kappa shape index (κ3) is 1.29. The normalized spacial score (nSPS) is 28.6. The molecule has 2 rings (SSSR count). The molecular formula is C8H11BrN2O. The maximum absolute atomic E-state index is 9.10. The molecule has 4 heteroatoms. The van der Waals surface area contributed by atoms with Crippen LogP contribution in [0.5, 0.6) is 0 Å². The second-order valence-corrected chi connectivity index (χ2v) is 4.18. The second kappa shape index (κ2) is 2.85. The van der Waals surface area contributed by atoms with Gasteiger partial charge in [0, 0.05) is 6.20 Å². The van der Waals surface area contributed by atoms with E-state index >= 15 is 0 Å². The number of rotatable bonds is 1. The zero-order chi connectivity index (χ0) is 8.72. The number of halogens is 1. The summed E-state index contributed by atoms with van der Waals surface area (Å²) in [4.78, 5) is 0. The predicted octanol–water partition coefficient (Wildman–Crippen LogP) is 1.65. The molecule has 0 aromatic carbocycles. The molecule has 1 aromatic rings. The van der Waals surface area contributed by atoms with E-state index in [9.17, 15) is 0 Å². The van der Waals surface area contributed by atoms with Crippen LogP contribution in [0.3, 0.4) is 0 Å². The van der Waals surface area contributed by atoms with Gasteiger partial charge in [-0.3, -0.25) is 4.68 Å². The van der Waals surface area contributed by atoms with Crippen molar-refractivity contribution < 1.29 is 5.11 Å². The highest BCUT2D eigenvalue weighted by molar-refractivity contribution is 9.10. The van der Waals surface area contributed by atoms with Crippen LogP contribution in [0.2, 0.25) is 0 Å². The molecule has 0 aliphatic heterocycles. The summed E-state index contributed by atoms with van der Waals surface area (Å²) in [6.45, 7) is 1.97. The molecule has 0 unspecified atom stereocenters. The molecule has 3 nitrogen and oxygen atoms in total. The minimum absolute atomic E-state index is 0.113. The lowest BCUT2D eigenvalue weighted by Crippen LogP contribution is -2.31. The van der Waals surface area contributed by atoms with Gasteiger partial charge in [-0.1, -0.05) is 0 Å². The number of hydrogen-bond donors (Lipinski definition) is 1. The lowest BCUT2D eigenvalue weighted by molar-refractivity contribution is 0.0433. The SMILES string of the molecule is Cc1nn(C2CC(O)C2)cc1Br. The van der Waals surface area contributed by atoms with Gasteiger partial charge in [0.1, 0.15) is 0 Å². The topological polar surface area (TPSA) is 38.0 Å². The quantitative estimate of drug-likeness (QED) is 0.797. The van der Waals surface area contributed by atoms with Gasteiger partial charge in [-0.15, -0.1) is 0 Å². The molecule has 1 fully saturated rings. The van der Waals surface area contributed by atoms with Crippen LogP contribution in [0.25, 0.3) is 0 Å². The van der Waals surface area contributed by atoms with Crippen molar-refractivity contribution in [1.29, 1.82) is 0 Å². The summed E-state index contributed by atoms with van der Waals surface area (Å²) >= 11 is 3.41. The fraction of sp³-hybridized carbons (Fsp3) is 0.625. The van der Waals surface area contributed by atoms with Crippen LogP contribution in [-0.2, 0) is 0 Å². The van der Waals surface area contributed by atoms with Gasteiger partial charge < -0.3 is 5.11 Å². The van der Waals surface area contributed by atoms with Crippen LogP contribution in [0.1, 0.15) is 24.6 Å². The van der Waals surface area contributed by atoms with Crippen LogP contribution in [0, 0.1) is 6.92 Å². The third-order valence-electron chi connectivity index (χ3n) is 2.32. The van der Waals surface area contributed by atoms with Gasteiger partial charge in [-0.2, -0.15) is 5.10 Å². The van der Waals surface area contributed by atoms with Crippen molar-refractivity contribution in [3.05, 3.63) is 16.4 Å². The first kappa shape index (κ1) is 8.26. The Labute approximate surface area is 79.5 Å². The van der Waals surface area contributed by atoms with Gasteiger partial charge in [0.2, 0.25) is 0 Å². The van der Waals surface area contributed by atoms with Gasteiger partial charge in [-0.05, 0) is 35.7 Å². The number of aliphatic hydroxyl groups excluding tert-OH is 1. The van der Waals surface area contributed by atoms with E-state index < -0.39 is 0 Å². The largest absolute Gasteiger partial charge is 0.393 e. The van der Waals surface area contributed by atoms with E-state index in [-0.39, 0.29) is 6.10 Å². The second-order valence-electron chi connectivity index (χ2n) is 3.32. The van der Waals surface area contributed by atoms with Crippen LogP contribution in [0.4, 0.5) is 0 Å². The van der Waals surface area contributed by atoms with Crippen LogP contribution < -0.4 is 0 Å². The van der Waals surface area contributed by atoms with E-state index in [2.05, 4.69) is 21.0 Å². The molecule has 1 N–H and O–H groups in total. The number of aryl methyl sites for hydroxylation is 1. The average Bonchev–Trinajstić information content (AvgIpc) is 2.26. The highest BCUT2D eigenvalue weighted by atomic mass is 79.9. The Kier molecular flexibility index (Phi) is 1.96. The lowest BCUT2D eigenvalue weighted by Gasteiger charge is -2.31. The molecule has 0 amide bonds. The Morgan fingerprint density at radius 1 is 1.67 bits per heavy atom. The van der Waals surface area contributed by atoms with E-state index in [1.54, 1.807) is 0 Å². The van der Waals surface area contributed by atoms with Gasteiger partial charge in [0.25, 0.3) is 0 Å². The fourth-order valence-corrected chi connectivity index (χ4v) is 1.71. The molecule has 0 bridgehead atoms. The molecule has 1 heterocycles. The van der Waals surface area contributed by atoms with E-state index in [4.69, 9.17) is 5.11 Å². The highest BCUT2D eigenvalue weighted by Gasteiger charge is 2.29. The summed E-state index contributed by atoms with van der Waals surface area (Å²) in [6, 6.07) is 0.407. The van der Waals surface area contributed by atoms with Crippen molar-refractivity contribution in [2.45, 2.75) is 31.9 Å². The summed E-state index contributed by atoms with van der Waals surface area (Å²) in [5, 5.41) is 13.4. The smallest absolute Gasteiger partial charge is 0.0735 e.